The van der Waals surface area contributed by atoms with E-state index in [0.717, 1.165) is 13.1 Å². The SMILES string of the molecule is Cc1cc(C(=O)NCC(=O)N2CCN(c3ccccc3)CC2)c(C)o1. The van der Waals surface area contributed by atoms with Crippen LogP contribution < -0.4 is 10.2 Å². The molecule has 0 atom stereocenters. The Balaban J connectivity index is 1.48. The van der Waals surface area contributed by atoms with E-state index in [-0.39, 0.29) is 18.4 Å². The summed E-state index contributed by atoms with van der Waals surface area (Å²) in [5, 5.41) is 2.69. The number of carbonyl (C=O) groups is 2. The van der Waals surface area contributed by atoms with Gasteiger partial charge in [0.25, 0.3) is 5.91 Å². The first-order valence-electron chi connectivity index (χ1n) is 8.47. The van der Waals surface area contributed by atoms with Gasteiger partial charge in [0.15, 0.2) is 0 Å². The smallest absolute Gasteiger partial charge is 0.255 e. The lowest BCUT2D eigenvalue weighted by Gasteiger charge is -2.36. The van der Waals surface area contributed by atoms with E-state index in [1.54, 1.807) is 24.8 Å². The molecule has 6 nitrogen and oxygen atoms in total. The number of hydrogen-bond acceptors (Lipinski definition) is 4. The molecule has 1 saturated heterocycles. The van der Waals surface area contributed by atoms with E-state index in [1.807, 2.05) is 18.2 Å². The maximum absolute atomic E-state index is 12.3. The first kappa shape index (κ1) is 17.1. The summed E-state index contributed by atoms with van der Waals surface area (Å²) in [4.78, 5) is 28.6. The summed E-state index contributed by atoms with van der Waals surface area (Å²) in [6, 6.07) is 11.9. The second kappa shape index (κ2) is 7.42. The molecule has 1 aromatic carbocycles. The highest BCUT2D eigenvalue weighted by molar-refractivity contribution is 5.97. The Kier molecular flexibility index (Phi) is 5.07. The van der Waals surface area contributed by atoms with Crippen LogP contribution in [0.5, 0.6) is 0 Å². The minimum absolute atomic E-state index is 0.00778. The first-order chi connectivity index (χ1) is 12.0. The summed E-state index contributed by atoms with van der Waals surface area (Å²) < 4.78 is 5.35. The van der Waals surface area contributed by atoms with E-state index in [2.05, 4.69) is 22.3 Å². The van der Waals surface area contributed by atoms with Crippen molar-refractivity contribution in [2.24, 2.45) is 0 Å². The van der Waals surface area contributed by atoms with Gasteiger partial charge in [0.2, 0.25) is 5.91 Å². The Bertz CT molecular complexity index is 747. The van der Waals surface area contributed by atoms with Crippen LogP contribution in [0.15, 0.2) is 40.8 Å². The molecule has 0 unspecified atom stereocenters. The molecule has 1 N–H and O–H groups in total. The average molecular weight is 341 g/mol. The van der Waals surface area contributed by atoms with E-state index >= 15 is 0 Å². The Morgan fingerprint density at radius 2 is 1.76 bits per heavy atom. The fourth-order valence-corrected chi connectivity index (χ4v) is 3.07. The molecule has 25 heavy (non-hydrogen) atoms. The predicted molar refractivity (Wildman–Crippen MR) is 95.8 cm³/mol. The molecule has 0 aliphatic carbocycles. The molecule has 0 saturated carbocycles. The molecule has 1 aliphatic heterocycles. The molecule has 1 fully saturated rings. The largest absolute Gasteiger partial charge is 0.466 e. The lowest BCUT2D eigenvalue weighted by atomic mass is 10.2. The van der Waals surface area contributed by atoms with E-state index in [9.17, 15) is 9.59 Å². The first-order valence-corrected chi connectivity index (χ1v) is 8.47. The third-order valence-electron chi connectivity index (χ3n) is 4.44. The van der Waals surface area contributed by atoms with Crippen LogP contribution in [0, 0.1) is 13.8 Å². The van der Waals surface area contributed by atoms with E-state index in [0.29, 0.717) is 30.2 Å². The quantitative estimate of drug-likeness (QED) is 0.923. The number of aryl methyl sites for hydroxylation is 2. The van der Waals surface area contributed by atoms with Gasteiger partial charge in [-0.3, -0.25) is 9.59 Å². The number of nitrogens with one attached hydrogen (secondary N) is 1. The molecule has 0 spiro atoms. The molecule has 1 aliphatic rings. The number of anilines is 1. The summed E-state index contributed by atoms with van der Waals surface area (Å²) in [7, 11) is 0. The van der Waals surface area contributed by atoms with Crippen molar-refractivity contribution in [3.05, 3.63) is 53.5 Å². The zero-order chi connectivity index (χ0) is 17.8. The van der Waals surface area contributed by atoms with Crippen molar-refractivity contribution < 1.29 is 14.0 Å². The summed E-state index contributed by atoms with van der Waals surface area (Å²) in [5.41, 5.74) is 1.66. The monoisotopic (exact) mass is 341 g/mol. The van der Waals surface area contributed by atoms with Crippen LogP contribution in [-0.4, -0.2) is 49.4 Å². The lowest BCUT2D eigenvalue weighted by Crippen LogP contribution is -2.51. The number of rotatable bonds is 4. The fraction of sp³-hybridized carbons (Fsp3) is 0.368. The van der Waals surface area contributed by atoms with Gasteiger partial charge in [-0.15, -0.1) is 0 Å². The molecular formula is C19H23N3O3. The summed E-state index contributed by atoms with van der Waals surface area (Å²) >= 11 is 0. The summed E-state index contributed by atoms with van der Waals surface area (Å²) in [6.07, 6.45) is 0. The van der Waals surface area contributed by atoms with Crippen LogP contribution in [0.3, 0.4) is 0 Å². The molecule has 2 amide bonds. The molecule has 3 rings (SSSR count). The van der Waals surface area contributed by atoms with Gasteiger partial charge in [0.1, 0.15) is 11.5 Å². The third kappa shape index (κ3) is 4.02. The average Bonchev–Trinajstić information content (AvgIpc) is 2.98. The number of piperazine rings is 1. The standard InChI is InChI=1S/C19H23N3O3/c1-14-12-17(15(2)25-14)19(24)20-13-18(23)22-10-8-21(9-11-22)16-6-4-3-5-7-16/h3-7,12H,8-11,13H2,1-2H3,(H,20,24). The highest BCUT2D eigenvalue weighted by Crippen LogP contribution is 2.16. The Hall–Kier alpha value is -2.76. The van der Waals surface area contributed by atoms with Crippen molar-refractivity contribution in [1.82, 2.24) is 10.2 Å². The van der Waals surface area contributed by atoms with Gasteiger partial charge in [-0.2, -0.15) is 0 Å². The predicted octanol–water partition coefficient (Wildman–Crippen LogP) is 1.98. The van der Waals surface area contributed by atoms with Crippen molar-refractivity contribution >= 4 is 17.5 Å². The Labute approximate surface area is 147 Å². The normalized spacial score (nSPS) is 14.5. The minimum Gasteiger partial charge on any atom is -0.466 e. The highest BCUT2D eigenvalue weighted by atomic mass is 16.3. The van der Waals surface area contributed by atoms with E-state index in [4.69, 9.17) is 4.42 Å². The second-order valence-corrected chi connectivity index (χ2v) is 6.21. The minimum atomic E-state index is -0.273. The molecule has 0 radical (unpaired) electrons. The maximum Gasteiger partial charge on any atom is 0.255 e. The van der Waals surface area contributed by atoms with Crippen molar-refractivity contribution in [1.29, 1.82) is 0 Å². The van der Waals surface area contributed by atoms with Crippen LogP contribution >= 0.6 is 0 Å². The maximum atomic E-state index is 12.3. The summed E-state index contributed by atoms with van der Waals surface area (Å²) in [5.74, 6) is 0.925. The zero-order valence-electron chi connectivity index (χ0n) is 14.6. The number of carbonyl (C=O) groups excluding carboxylic acids is 2. The lowest BCUT2D eigenvalue weighted by molar-refractivity contribution is -0.130. The number of furan rings is 1. The second-order valence-electron chi connectivity index (χ2n) is 6.21. The fourth-order valence-electron chi connectivity index (χ4n) is 3.07. The van der Waals surface area contributed by atoms with Gasteiger partial charge in [-0.05, 0) is 32.0 Å². The van der Waals surface area contributed by atoms with Crippen LogP contribution in [0.25, 0.3) is 0 Å². The molecule has 132 valence electrons. The molecule has 2 heterocycles. The number of nitrogens with zero attached hydrogens (tertiary/aromatic N) is 2. The molecule has 0 bridgehead atoms. The van der Waals surface area contributed by atoms with Gasteiger partial charge in [-0.25, -0.2) is 0 Å². The zero-order valence-corrected chi connectivity index (χ0v) is 14.6. The van der Waals surface area contributed by atoms with E-state index in [1.165, 1.54) is 5.69 Å². The van der Waals surface area contributed by atoms with Gasteiger partial charge in [0.05, 0.1) is 12.1 Å². The van der Waals surface area contributed by atoms with Crippen molar-refractivity contribution in [2.75, 3.05) is 37.6 Å². The number of amides is 2. The van der Waals surface area contributed by atoms with Gasteiger partial charge >= 0.3 is 0 Å². The number of benzene rings is 1. The van der Waals surface area contributed by atoms with Gasteiger partial charge in [0, 0.05) is 31.9 Å². The summed E-state index contributed by atoms with van der Waals surface area (Å²) in [6.45, 7) is 6.45. The molecular weight excluding hydrogens is 318 g/mol. The molecule has 2 aromatic rings. The number of para-hydroxylation sites is 1. The highest BCUT2D eigenvalue weighted by Gasteiger charge is 2.22. The topological polar surface area (TPSA) is 65.8 Å². The Morgan fingerprint density at radius 1 is 1.08 bits per heavy atom. The number of hydrogen-bond donors (Lipinski definition) is 1. The van der Waals surface area contributed by atoms with Crippen molar-refractivity contribution in [2.45, 2.75) is 13.8 Å². The van der Waals surface area contributed by atoms with Crippen LogP contribution in [0.1, 0.15) is 21.9 Å². The molecule has 1 aromatic heterocycles. The van der Waals surface area contributed by atoms with Crippen LogP contribution in [0.4, 0.5) is 5.69 Å². The van der Waals surface area contributed by atoms with Gasteiger partial charge in [-0.1, -0.05) is 18.2 Å². The van der Waals surface area contributed by atoms with Gasteiger partial charge < -0.3 is 19.5 Å². The van der Waals surface area contributed by atoms with Crippen LogP contribution in [-0.2, 0) is 4.79 Å². The van der Waals surface area contributed by atoms with Crippen molar-refractivity contribution in [3.8, 4) is 0 Å². The molecule has 6 heteroatoms. The van der Waals surface area contributed by atoms with Crippen LogP contribution in [0.2, 0.25) is 0 Å². The third-order valence-corrected chi connectivity index (χ3v) is 4.44. The van der Waals surface area contributed by atoms with Crippen molar-refractivity contribution in [3.63, 3.8) is 0 Å². The Morgan fingerprint density at radius 3 is 2.36 bits per heavy atom. The van der Waals surface area contributed by atoms with E-state index < -0.39 is 0 Å².